The number of amides is 1. The predicted octanol–water partition coefficient (Wildman–Crippen LogP) is 1.22. The Morgan fingerprint density at radius 2 is 2.21 bits per heavy atom. The molecule has 1 heterocycles. The SMILES string of the molecule is CCN(CC)C(=O)OC1CCCNC1. The van der Waals surface area contributed by atoms with E-state index in [0.717, 1.165) is 39.0 Å². The van der Waals surface area contributed by atoms with E-state index in [-0.39, 0.29) is 12.2 Å². The van der Waals surface area contributed by atoms with Gasteiger partial charge in [0.15, 0.2) is 0 Å². The standard InChI is InChI=1S/C10H20N2O2/c1-3-12(4-2)10(13)14-9-6-5-7-11-8-9/h9,11H,3-8H2,1-2H3. The summed E-state index contributed by atoms with van der Waals surface area (Å²) in [5, 5.41) is 3.22. The fourth-order valence-electron chi connectivity index (χ4n) is 1.62. The molecule has 14 heavy (non-hydrogen) atoms. The van der Waals surface area contributed by atoms with E-state index in [9.17, 15) is 4.79 Å². The zero-order valence-corrected chi connectivity index (χ0v) is 9.08. The Hall–Kier alpha value is -0.770. The second-order valence-electron chi connectivity index (χ2n) is 3.52. The largest absolute Gasteiger partial charge is 0.445 e. The minimum Gasteiger partial charge on any atom is -0.445 e. The second kappa shape index (κ2) is 5.86. The third kappa shape index (κ3) is 3.18. The second-order valence-corrected chi connectivity index (χ2v) is 3.52. The van der Waals surface area contributed by atoms with Gasteiger partial charge in [-0.2, -0.15) is 0 Å². The number of nitrogens with one attached hydrogen (secondary N) is 1. The number of hydrogen-bond donors (Lipinski definition) is 1. The van der Waals surface area contributed by atoms with Crippen molar-refractivity contribution in [2.24, 2.45) is 0 Å². The molecule has 1 saturated heterocycles. The van der Waals surface area contributed by atoms with Crippen LogP contribution in [0.25, 0.3) is 0 Å². The third-order valence-electron chi connectivity index (χ3n) is 2.54. The number of carbonyl (C=O) groups excluding carboxylic acids is 1. The topological polar surface area (TPSA) is 41.6 Å². The van der Waals surface area contributed by atoms with Crippen LogP contribution in [0.4, 0.5) is 4.79 Å². The average molecular weight is 200 g/mol. The Balaban J connectivity index is 2.30. The Morgan fingerprint density at radius 1 is 1.50 bits per heavy atom. The molecule has 0 aromatic heterocycles. The molecule has 82 valence electrons. The molecule has 0 saturated carbocycles. The average Bonchev–Trinajstić information content (AvgIpc) is 2.21. The van der Waals surface area contributed by atoms with Crippen LogP contribution in [0.3, 0.4) is 0 Å². The van der Waals surface area contributed by atoms with Gasteiger partial charge in [-0.05, 0) is 33.2 Å². The molecule has 0 aliphatic carbocycles. The van der Waals surface area contributed by atoms with Gasteiger partial charge >= 0.3 is 6.09 Å². The van der Waals surface area contributed by atoms with E-state index in [0.29, 0.717) is 0 Å². The fourth-order valence-corrected chi connectivity index (χ4v) is 1.62. The zero-order valence-electron chi connectivity index (χ0n) is 9.08. The van der Waals surface area contributed by atoms with Crippen molar-refractivity contribution in [2.45, 2.75) is 32.8 Å². The zero-order chi connectivity index (χ0) is 10.4. The van der Waals surface area contributed by atoms with E-state index in [1.165, 1.54) is 0 Å². The summed E-state index contributed by atoms with van der Waals surface area (Å²) in [5.41, 5.74) is 0. The Kier molecular flexibility index (Phi) is 4.73. The van der Waals surface area contributed by atoms with Gasteiger partial charge in [0, 0.05) is 19.6 Å². The van der Waals surface area contributed by atoms with Crippen molar-refractivity contribution in [3.05, 3.63) is 0 Å². The quantitative estimate of drug-likeness (QED) is 0.744. The summed E-state index contributed by atoms with van der Waals surface area (Å²) >= 11 is 0. The highest BCUT2D eigenvalue weighted by Gasteiger charge is 2.19. The van der Waals surface area contributed by atoms with Crippen molar-refractivity contribution in [3.8, 4) is 0 Å². The molecular weight excluding hydrogens is 180 g/mol. The van der Waals surface area contributed by atoms with E-state index in [2.05, 4.69) is 5.32 Å². The number of ether oxygens (including phenoxy) is 1. The van der Waals surface area contributed by atoms with Crippen LogP contribution in [-0.2, 0) is 4.74 Å². The Labute approximate surface area is 85.6 Å². The maximum atomic E-state index is 11.5. The number of hydrogen-bond acceptors (Lipinski definition) is 3. The molecule has 1 N–H and O–H groups in total. The third-order valence-corrected chi connectivity index (χ3v) is 2.54. The monoisotopic (exact) mass is 200 g/mol. The Bertz CT molecular complexity index is 175. The lowest BCUT2D eigenvalue weighted by Crippen LogP contribution is -2.40. The molecule has 0 aromatic rings. The minimum atomic E-state index is -0.177. The van der Waals surface area contributed by atoms with Crippen LogP contribution in [-0.4, -0.2) is 43.3 Å². The molecule has 0 radical (unpaired) electrons. The molecule has 4 heteroatoms. The van der Waals surface area contributed by atoms with Crippen LogP contribution < -0.4 is 5.32 Å². The molecule has 1 aliphatic rings. The van der Waals surface area contributed by atoms with E-state index in [1.54, 1.807) is 4.90 Å². The molecule has 1 unspecified atom stereocenters. The smallest absolute Gasteiger partial charge is 0.410 e. The first kappa shape index (κ1) is 11.3. The van der Waals surface area contributed by atoms with E-state index in [4.69, 9.17) is 4.74 Å². The first-order valence-corrected chi connectivity index (χ1v) is 5.44. The summed E-state index contributed by atoms with van der Waals surface area (Å²) in [6.45, 7) is 7.20. The number of piperidine rings is 1. The van der Waals surface area contributed by atoms with E-state index in [1.807, 2.05) is 13.8 Å². The van der Waals surface area contributed by atoms with Gasteiger partial charge in [0.25, 0.3) is 0 Å². The van der Waals surface area contributed by atoms with Gasteiger partial charge in [-0.1, -0.05) is 0 Å². The van der Waals surface area contributed by atoms with Crippen LogP contribution in [0.2, 0.25) is 0 Å². The lowest BCUT2D eigenvalue weighted by molar-refractivity contribution is 0.0540. The summed E-state index contributed by atoms with van der Waals surface area (Å²) in [4.78, 5) is 13.3. The van der Waals surface area contributed by atoms with Gasteiger partial charge in [0.2, 0.25) is 0 Å². The predicted molar refractivity (Wildman–Crippen MR) is 55.3 cm³/mol. The molecule has 0 spiro atoms. The molecule has 1 fully saturated rings. The first-order chi connectivity index (χ1) is 6.77. The van der Waals surface area contributed by atoms with E-state index < -0.39 is 0 Å². The van der Waals surface area contributed by atoms with E-state index >= 15 is 0 Å². The molecule has 1 aliphatic heterocycles. The van der Waals surface area contributed by atoms with Gasteiger partial charge in [0.05, 0.1) is 0 Å². The number of rotatable bonds is 3. The lowest BCUT2D eigenvalue weighted by atomic mass is 10.1. The highest BCUT2D eigenvalue weighted by atomic mass is 16.6. The summed E-state index contributed by atoms with van der Waals surface area (Å²) in [6.07, 6.45) is 1.97. The number of nitrogens with zero attached hydrogens (tertiary/aromatic N) is 1. The molecule has 0 aromatic carbocycles. The maximum Gasteiger partial charge on any atom is 0.410 e. The summed E-state index contributed by atoms with van der Waals surface area (Å²) in [6, 6.07) is 0. The van der Waals surface area contributed by atoms with Crippen molar-refractivity contribution >= 4 is 6.09 Å². The van der Waals surface area contributed by atoms with Crippen LogP contribution in [0.15, 0.2) is 0 Å². The number of carbonyl (C=O) groups is 1. The molecule has 4 nitrogen and oxygen atoms in total. The van der Waals surface area contributed by atoms with Gasteiger partial charge in [-0.15, -0.1) is 0 Å². The van der Waals surface area contributed by atoms with Crippen molar-refractivity contribution in [1.82, 2.24) is 10.2 Å². The normalized spacial score (nSPS) is 21.7. The summed E-state index contributed by atoms with van der Waals surface area (Å²) < 4.78 is 5.36. The van der Waals surface area contributed by atoms with Crippen molar-refractivity contribution in [3.63, 3.8) is 0 Å². The van der Waals surface area contributed by atoms with Crippen molar-refractivity contribution < 1.29 is 9.53 Å². The molecule has 1 amide bonds. The van der Waals surface area contributed by atoms with Gasteiger partial charge < -0.3 is 15.0 Å². The minimum absolute atomic E-state index is 0.0665. The van der Waals surface area contributed by atoms with Crippen LogP contribution in [0, 0.1) is 0 Å². The van der Waals surface area contributed by atoms with Gasteiger partial charge in [0.1, 0.15) is 6.10 Å². The highest BCUT2D eigenvalue weighted by molar-refractivity contribution is 5.67. The molecule has 1 rings (SSSR count). The molecule has 1 atom stereocenters. The van der Waals surface area contributed by atoms with Crippen molar-refractivity contribution in [1.29, 1.82) is 0 Å². The lowest BCUT2D eigenvalue weighted by Gasteiger charge is -2.26. The molecular formula is C10H20N2O2. The van der Waals surface area contributed by atoms with Gasteiger partial charge in [-0.3, -0.25) is 0 Å². The molecule has 0 bridgehead atoms. The fraction of sp³-hybridized carbons (Fsp3) is 0.900. The van der Waals surface area contributed by atoms with Crippen molar-refractivity contribution in [2.75, 3.05) is 26.2 Å². The highest BCUT2D eigenvalue weighted by Crippen LogP contribution is 2.07. The van der Waals surface area contributed by atoms with Crippen LogP contribution >= 0.6 is 0 Å². The summed E-state index contributed by atoms with van der Waals surface area (Å²) in [7, 11) is 0. The summed E-state index contributed by atoms with van der Waals surface area (Å²) in [5.74, 6) is 0. The van der Waals surface area contributed by atoms with Crippen LogP contribution in [0.5, 0.6) is 0 Å². The first-order valence-electron chi connectivity index (χ1n) is 5.44. The maximum absolute atomic E-state index is 11.5. The Morgan fingerprint density at radius 3 is 2.71 bits per heavy atom. The van der Waals surface area contributed by atoms with Crippen LogP contribution in [0.1, 0.15) is 26.7 Å². The van der Waals surface area contributed by atoms with Gasteiger partial charge in [-0.25, -0.2) is 4.79 Å².